The summed E-state index contributed by atoms with van der Waals surface area (Å²) in [6, 6.07) is 18.6. The van der Waals surface area contributed by atoms with Gasteiger partial charge < -0.3 is 44.7 Å². The Labute approximate surface area is 419 Å². The molecule has 9 rings (SSSR count). The van der Waals surface area contributed by atoms with Crippen LogP contribution in [0.4, 0.5) is 31.7 Å². The molecule has 3 fully saturated rings. The number of piperazine rings is 1. The minimum Gasteiger partial charge on any atom is -0.382 e. The van der Waals surface area contributed by atoms with Gasteiger partial charge in [-0.05, 0) is 91.4 Å². The number of carbonyl (C=O) groups excluding carboxylic acids is 6. The van der Waals surface area contributed by atoms with Crippen LogP contribution in [-0.2, 0) is 39.8 Å². The minimum atomic E-state index is -1.04. The summed E-state index contributed by atoms with van der Waals surface area (Å²) in [7, 11) is 0. The molecule has 4 aromatic carbocycles. The highest BCUT2D eigenvalue weighted by molar-refractivity contribution is 6.25. The van der Waals surface area contributed by atoms with Crippen molar-refractivity contribution in [3.8, 4) is 0 Å². The number of anilines is 4. The van der Waals surface area contributed by atoms with E-state index in [2.05, 4.69) is 36.4 Å². The summed E-state index contributed by atoms with van der Waals surface area (Å²) in [6.45, 7) is 5.64. The topological polar surface area (TPSA) is 226 Å². The third-order valence-electron chi connectivity index (χ3n) is 13.3. The Kier molecular flexibility index (Phi) is 16.3. The summed E-state index contributed by atoms with van der Waals surface area (Å²) in [5, 5.41) is 19.9. The van der Waals surface area contributed by atoms with Gasteiger partial charge in [-0.2, -0.15) is 5.10 Å². The fourth-order valence-corrected chi connectivity index (χ4v) is 9.49. The molecule has 4 aliphatic heterocycles. The van der Waals surface area contributed by atoms with Crippen molar-refractivity contribution < 1.29 is 56.5 Å². The number of carbonyl (C=O) groups is 6. The van der Waals surface area contributed by atoms with E-state index in [1.807, 2.05) is 35.2 Å². The molecule has 5 heterocycles. The smallest absolute Gasteiger partial charge is 0.264 e. The van der Waals surface area contributed by atoms with E-state index in [-0.39, 0.29) is 61.3 Å². The summed E-state index contributed by atoms with van der Waals surface area (Å²) < 4.78 is 50.3. The van der Waals surface area contributed by atoms with E-state index in [4.69, 9.17) is 18.9 Å². The first kappa shape index (κ1) is 50.6. The van der Waals surface area contributed by atoms with Crippen LogP contribution in [0.15, 0.2) is 72.8 Å². The Morgan fingerprint density at radius 1 is 0.767 bits per heavy atom. The quantitative estimate of drug-likeness (QED) is 0.0489. The van der Waals surface area contributed by atoms with Crippen LogP contribution >= 0.6 is 0 Å². The van der Waals surface area contributed by atoms with E-state index in [1.165, 1.54) is 18.2 Å². The molecule has 73 heavy (non-hydrogen) atoms. The third kappa shape index (κ3) is 12.3. The van der Waals surface area contributed by atoms with Gasteiger partial charge in [0.2, 0.25) is 17.7 Å². The van der Waals surface area contributed by atoms with E-state index < -0.39 is 41.3 Å². The second-order valence-electron chi connectivity index (χ2n) is 18.2. The first-order valence-electron chi connectivity index (χ1n) is 24.5. The normalized spacial score (nSPS) is 17.3. The highest BCUT2D eigenvalue weighted by Gasteiger charge is 2.45. The van der Waals surface area contributed by atoms with E-state index in [1.54, 1.807) is 18.2 Å². The van der Waals surface area contributed by atoms with E-state index in [9.17, 15) is 37.5 Å². The van der Waals surface area contributed by atoms with Crippen molar-refractivity contribution >= 4 is 69.2 Å². The Hall–Kier alpha value is -7.33. The Balaban J connectivity index is 0.679. The maximum absolute atomic E-state index is 14.0. The van der Waals surface area contributed by atoms with Crippen LogP contribution in [-0.4, -0.2) is 153 Å². The molecule has 0 radical (unpaired) electrons. The van der Waals surface area contributed by atoms with Crippen LogP contribution in [0.1, 0.15) is 74.3 Å². The standard InChI is InChI=1S/C52H57F2N9O10/c53-34-27-33(28-35(54)30-34)26-32-4-7-41-40(29-32)48(60-59-41)58-49(66)38-6-5-37(31-43(38)56-36-10-18-70-19-11-36)61-14-16-62(17-15-61)46(65)12-20-71-22-24-73-25-23-72-21-13-55-42-3-1-2-39-47(42)52(69)63(51(39)68)44-8-9-45(64)57-50(44)67/h1-7,27-31,36,44,55-56H,8-26H2,(H,57,64,67)(H2,58,59,60,66). The molecule has 0 spiro atoms. The number of fused-ring (bicyclic) bond motifs is 2. The minimum absolute atomic E-state index is 0.000375. The first-order chi connectivity index (χ1) is 35.5. The largest absolute Gasteiger partial charge is 0.382 e. The van der Waals surface area contributed by atoms with Crippen molar-refractivity contribution in [1.82, 2.24) is 25.3 Å². The van der Waals surface area contributed by atoms with Gasteiger partial charge in [-0.15, -0.1) is 0 Å². The summed E-state index contributed by atoms with van der Waals surface area (Å²) in [5.74, 6) is -3.57. The van der Waals surface area contributed by atoms with Crippen molar-refractivity contribution in [2.75, 3.05) is 106 Å². The van der Waals surface area contributed by atoms with Crippen LogP contribution in [0, 0.1) is 11.6 Å². The lowest BCUT2D eigenvalue weighted by Crippen LogP contribution is -2.54. The number of ether oxygens (including phenoxy) is 4. The molecule has 1 atom stereocenters. The molecule has 0 aliphatic carbocycles. The van der Waals surface area contributed by atoms with Gasteiger partial charge in [-0.25, -0.2) is 8.78 Å². The molecule has 6 amide bonds. The van der Waals surface area contributed by atoms with Crippen molar-refractivity contribution in [3.63, 3.8) is 0 Å². The predicted octanol–water partition coefficient (Wildman–Crippen LogP) is 4.88. The number of aromatic amines is 1. The zero-order valence-electron chi connectivity index (χ0n) is 40.1. The maximum Gasteiger partial charge on any atom is 0.264 e. The van der Waals surface area contributed by atoms with Gasteiger partial charge in [0.25, 0.3) is 17.7 Å². The van der Waals surface area contributed by atoms with E-state index >= 15 is 0 Å². The molecular formula is C52H57F2N9O10. The third-order valence-corrected chi connectivity index (χ3v) is 13.3. The molecule has 1 aromatic heterocycles. The number of amides is 6. The molecular weight excluding hydrogens is 949 g/mol. The summed E-state index contributed by atoms with van der Waals surface area (Å²) in [6.07, 6.45) is 2.22. The SMILES string of the molecule is O=C1CCC(N2C(=O)c3cccc(NCCOCCOCCOCCC(=O)N4CCN(c5ccc(C(=O)Nc6n[nH]c7ccc(Cc8cc(F)cc(F)c8)cc67)c(NC6CCOCC6)c5)CC4)c3C2=O)C(=O)N1. The molecule has 384 valence electrons. The van der Waals surface area contributed by atoms with Crippen LogP contribution in [0.25, 0.3) is 10.9 Å². The lowest BCUT2D eigenvalue weighted by atomic mass is 10.0. The number of H-pyrrole nitrogens is 1. The Morgan fingerprint density at radius 3 is 2.26 bits per heavy atom. The fraction of sp³-hybridized carbons (Fsp3) is 0.404. The van der Waals surface area contributed by atoms with Gasteiger partial charge >= 0.3 is 0 Å². The summed E-state index contributed by atoms with van der Waals surface area (Å²) in [4.78, 5) is 82.4. The molecule has 3 saturated heterocycles. The van der Waals surface area contributed by atoms with Crippen LogP contribution in [0.3, 0.4) is 0 Å². The second-order valence-corrected chi connectivity index (χ2v) is 18.2. The zero-order valence-corrected chi connectivity index (χ0v) is 40.1. The average molecular weight is 1010 g/mol. The predicted molar refractivity (Wildman–Crippen MR) is 265 cm³/mol. The number of imide groups is 2. The average Bonchev–Trinajstić information content (AvgIpc) is 3.89. The van der Waals surface area contributed by atoms with Gasteiger partial charge in [-0.3, -0.25) is 44.1 Å². The first-order valence-corrected chi connectivity index (χ1v) is 24.5. The number of benzene rings is 4. The highest BCUT2D eigenvalue weighted by atomic mass is 19.1. The molecule has 5 aromatic rings. The van der Waals surface area contributed by atoms with Gasteiger partial charge in [0.15, 0.2) is 5.82 Å². The van der Waals surface area contributed by atoms with Crippen molar-refractivity contribution in [2.24, 2.45) is 0 Å². The number of hydrogen-bond acceptors (Lipinski definition) is 14. The number of piperidine rings is 1. The molecule has 21 heteroatoms. The molecule has 0 bridgehead atoms. The monoisotopic (exact) mass is 1010 g/mol. The van der Waals surface area contributed by atoms with Crippen LogP contribution < -0.4 is 26.2 Å². The molecule has 4 aliphatic rings. The van der Waals surface area contributed by atoms with Crippen molar-refractivity contribution in [3.05, 3.63) is 112 Å². The number of nitrogens with zero attached hydrogens (tertiary/aromatic N) is 4. The Morgan fingerprint density at radius 2 is 1.51 bits per heavy atom. The lowest BCUT2D eigenvalue weighted by Gasteiger charge is -2.36. The summed E-state index contributed by atoms with van der Waals surface area (Å²) in [5.41, 5.74) is 4.83. The highest BCUT2D eigenvalue weighted by Crippen LogP contribution is 2.33. The van der Waals surface area contributed by atoms with Crippen molar-refractivity contribution in [1.29, 1.82) is 0 Å². The molecule has 1 unspecified atom stereocenters. The number of hydrogen-bond donors (Lipinski definition) is 5. The zero-order chi connectivity index (χ0) is 50.8. The number of halogens is 2. The molecule has 19 nitrogen and oxygen atoms in total. The van der Waals surface area contributed by atoms with Crippen LogP contribution in [0.5, 0.6) is 0 Å². The number of aromatic nitrogens is 2. The van der Waals surface area contributed by atoms with Gasteiger partial charge in [0.1, 0.15) is 17.7 Å². The number of rotatable bonds is 21. The molecule has 5 N–H and O–H groups in total. The second kappa shape index (κ2) is 23.5. The van der Waals surface area contributed by atoms with Gasteiger partial charge in [0, 0.05) is 86.9 Å². The maximum atomic E-state index is 14.0. The Bertz CT molecular complexity index is 2850. The fourth-order valence-electron chi connectivity index (χ4n) is 9.49. The summed E-state index contributed by atoms with van der Waals surface area (Å²) >= 11 is 0. The number of nitrogens with one attached hydrogen (secondary N) is 5. The lowest BCUT2D eigenvalue weighted by molar-refractivity contribution is -0.136. The van der Waals surface area contributed by atoms with E-state index in [0.29, 0.717) is 118 Å². The van der Waals surface area contributed by atoms with E-state index in [0.717, 1.165) is 35.1 Å². The van der Waals surface area contributed by atoms with Gasteiger partial charge in [-0.1, -0.05) is 12.1 Å². The molecule has 0 saturated carbocycles. The van der Waals surface area contributed by atoms with Crippen LogP contribution in [0.2, 0.25) is 0 Å². The van der Waals surface area contributed by atoms with Gasteiger partial charge in [0.05, 0.1) is 68.3 Å². The van der Waals surface area contributed by atoms with Crippen molar-refractivity contribution in [2.45, 2.75) is 50.6 Å².